The average molecular weight is 255 g/mol. The summed E-state index contributed by atoms with van der Waals surface area (Å²) in [5.74, 6) is 0.939. The van der Waals surface area contributed by atoms with Crippen LogP contribution in [0.15, 0.2) is 35.0 Å². The molecule has 2 N–H and O–H groups in total. The first-order valence-corrected chi connectivity index (χ1v) is 5.84. The van der Waals surface area contributed by atoms with Crippen LogP contribution in [0, 0.1) is 6.92 Å². The predicted octanol–water partition coefficient (Wildman–Crippen LogP) is 2.03. The SMILES string of the molecule is Cc1cc(-c2nc(-c3ccn(C)n3)no2)ccc1N. The first kappa shape index (κ1) is 11.5. The summed E-state index contributed by atoms with van der Waals surface area (Å²) < 4.78 is 6.95. The molecule has 0 aliphatic carbocycles. The third kappa shape index (κ3) is 2.08. The van der Waals surface area contributed by atoms with Crippen molar-refractivity contribution >= 4 is 5.69 Å². The number of aromatic nitrogens is 4. The number of hydrogen-bond acceptors (Lipinski definition) is 5. The number of aryl methyl sites for hydroxylation is 2. The summed E-state index contributed by atoms with van der Waals surface area (Å²) in [6.07, 6.45) is 1.83. The van der Waals surface area contributed by atoms with Crippen LogP contribution < -0.4 is 5.73 Å². The van der Waals surface area contributed by atoms with E-state index in [0.29, 0.717) is 17.4 Å². The molecule has 1 aromatic carbocycles. The van der Waals surface area contributed by atoms with Gasteiger partial charge in [0.05, 0.1) is 0 Å². The molecule has 6 heteroatoms. The number of anilines is 1. The van der Waals surface area contributed by atoms with E-state index < -0.39 is 0 Å². The molecule has 0 radical (unpaired) electrons. The Labute approximate surface area is 109 Å². The maximum absolute atomic E-state index is 5.79. The van der Waals surface area contributed by atoms with Gasteiger partial charge in [0.25, 0.3) is 5.89 Å². The molecule has 0 saturated heterocycles. The fourth-order valence-corrected chi connectivity index (χ4v) is 1.79. The molecule has 0 amide bonds. The molecule has 96 valence electrons. The van der Waals surface area contributed by atoms with E-state index in [9.17, 15) is 0 Å². The van der Waals surface area contributed by atoms with Gasteiger partial charge in [-0.2, -0.15) is 10.1 Å². The molecular formula is C13H13N5O. The van der Waals surface area contributed by atoms with Gasteiger partial charge in [-0.3, -0.25) is 4.68 Å². The van der Waals surface area contributed by atoms with Gasteiger partial charge in [-0.25, -0.2) is 0 Å². The molecule has 0 spiro atoms. The van der Waals surface area contributed by atoms with Crippen LogP contribution in [0.1, 0.15) is 5.56 Å². The number of nitrogens with two attached hydrogens (primary N) is 1. The number of hydrogen-bond donors (Lipinski definition) is 1. The second-order valence-corrected chi connectivity index (χ2v) is 4.37. The van der Waals surface area contributed by atoms with Crippen molar-refractivity contribution in [1.29, 1.82) is 0 Å². The van der Waals surface area contributed by atoms with Crippen molar-refractivity contribution in [1.82, 2.24) is 19.9 Å². The van der Waals surface area contributed by atoms with Crippen molar-refractivity contribution in [3.63, 3.8) is 0 Å². The number of nitrogens with zero attached hydrogens (tertiary/aromatic N) is 4. The van der Waals surface area contributed by atoms with Crippen LogP contribution in [0.3, 0.4) is 0 Å². The molecule has 3 rings (SSSR count). The van der Waals surface area contributed by atoms with Gasteiger partial charge >= 0.3 is 0 Å². The van der Waals surface area contributed by atoms with E-state index in [1.54, 1.807) is 4.68 Å². The van der Waals surface area contributed by atoms with Crippen LogP contribution in [0.4, 0.5) is 5.69 Å². The highest BCUT2D eigenvalue weighted by atomic mass is 16.5. The molecule has 0 aliphatic heterocycles. The summed E-state index contributed by atoms with van der Waals surface area (Å²) in [6, 6.07) is 7.45. The minimum atomic E-state index is 0.462. The second kappa shape index (κ2) is 4.24. The molecule has 0 aliphatic rings. The Balaban J connectivity index is 1.98. The smallest absolute Gasteiger partial charge is 0.258 e. The van der Waals surface area contributed by atoms with Gasteiger partial charge in [0, 0.05) is 24.5 Å². The maximum atomic E-state index is 5.79. The normalized spacial score (nSPS) is 10.8. The zero-order valence-corrected chi connectivity index (χ0v) is 10.7. The van der Waals surface area contributed by atoms with Crippen LogP contribution in [0.2, 0.25) is 0 Å². The molecule has 0 bridgehead atoms. The summed E-state index contributed by atoms with van der Waals surface area (Å²) in [5.41, 5.74) is 9.05. The Morgan fingerprint density at radius 3 is 2.79 bits per heavy atom. The van der Waals surface area contributed by atoms with Crippen LogP contribution in [-0.4, -0.2) is 19.9 Å². The summed E-state index contributed by atoms with van der Waals surface area (Å²) >= 11 is 0. The molecule has 19 heavy (non-hydrogen) atoms. The van der Waals surface area contributed by atoms with E-state index in [0.717, 1.165) is 16.8 Å². The molecule has 2 heterocycles. The molecule has 6 nitrogen and oxygen atoms in total. The zero-order chi connectivity index (χ0) is 13.4. The lowest BCUT2D eigenvalue weighted by Gasteiger charge is -2.00. The lowest BCUT2D eigenvalue weighted by molar-refractivity contribution is 0.432. The topological polar surface area (TPSA) is 82.8 Å². The van der Waals surface area contributed by atoms with Gasteiger partial charge in [-0.05, 0) is 36.8 Å². The van der Waals surface area contributed by atoms with Crippen molar-refractivity contribution in [2.75, 3.05) is 5.73 Å². The summed E-state index contributed by atoms with van der Waals surface area (Å²) in [7, 11) is 1.84. The van der Waals surface area contributed by atoms with Crippen molar-refractivity contribution in [2.24, 2.45) is 7.05 Å². The Morgan fingerprint density at radius 1 is 1.26 bits per heavy atom. The van der Waals surface area contributed by atoms with Crippen molar-refractivity contribution in [2.45, 2.75) is 6.92 Å². The summed E-state index contributed by atoms with van der Waals surface area (Å²) in [4.78, 5) is 4.34. The highest BCUT2D eigenvalue weighted by Gasteiger charge is 2.12. The first-order valence-electron chi connectivity index (χ1n) is 5.84. The van der Waals surface area contributed by atoms with Gasteiger partial charge in [0.1, 0.15) is 5.69 Å². The number of rotatable bonds is 2. The quantitative estimate of drug-likeness (QED) is 0.708. The van der Waals surface area contributed by atoms with Gasteiger partial charge < -0.3 is 10.3 Å². The molecule has 0 atom stereocenters. The number of benzene rings is 1. The first-order chi connectivity index (χ1) is 9.13. The second-order valence-electron chi connectivity index (χ2n) is 4.37. The lowest BCUT2D eigenvalue weighted by Crippen LogP contribution is -1.90. The highest BCUT2D eigenvalue weighted by molar-refractivity contribution is 5.62. The molecule has 0 fully saturated rings. The molecule has 3 aromatic rings. The third-order valence-corrected chi connectivity index (χ3v) is 2.89. The predicted molar refractivity (Wildman–Crippen MR) is 71.1 cm³/mol. The van der Waals surface area contributed by atoms with Crippen LogP contribution in [0.5, 0.6) is 0 Å². The van der Waals surface area contributed by atoms with E-state index in [1.807, 2.05) is 44.4 Å². The Bertz CT molecular complexity index is 728. The summed E-state index contributed by atoms with van der Waals surface area (Å²) in [5, 5.41) is 8.17. The van der Waals surface area contributed by atoms with E-state index in [2.05, 4.69) is 15.2 Å². The summed E-state index contributed by atoms with van der Waals surface area (Å²) in [6.45, 7) is 1.94. The lowest BCUT2D eigenvalue weighted by atomic mass is 10.1. The van der Waals surface area contributed by atoms with Gasteiger partial charge in [-0.1, -0.05) is 5.16 Å². The van der Waals surface area contributed by atoms with Crippen molar-refractivity contribution < 1.29 is 4.52 Å². The Morgan fingerprint density at radius 2 is 2.11 bits per heavy atom. The fourth-order valence-electron chi connectivity index (χ4n) is 1.79. The van der Waals surface area contributed by atoms with Gasteiger partial charge in [0.2, 0.25) is 5.82 Å². The van der Waals surface area contributed by atoms with Crippen LogP contribution in [0.25, 0.3) is 23.0 Å². The van der Waals surface area contributed by atoms with E-state index in [1.165, 1.54) is 0 Å². The fraction of sp³-hybridized carbons (Fsp3) is 0.154. The Kier molecular flexibility index (Phi) is 2.56. The molecule has 0 unspecified atom stereocenters. The largest absolute Gasteiger partial charge is 0.399 e. The van der Waals surface area contributed by atoms with Gasteiger partial charge in [0.15, 0.2) is 0 Å². The van der Waals surface area contributed by atoms with Gasteiger partial charge in [-0.15, -0.1) is 0 Å². The minimum Gasteiger partial charge on any atom is -0.399 e. The Hall–Kier alpha value is -2.63. The zero-order valence-electron chi connectivity index (χ0n) is 10.7. The standard InChI is InChI=1S/C13H13N5O/c1-8-7-9(3-4-10(8)14)13-15-12(17-19-13)11-5-6-18(2)16-11/h3-7H,14H2,1-2H3. The molecular weight excluding hydrogens is 242 g/mol. The van der Waals surface area contributed by atoms with E-state index in [4.69, 9.17) is 10.3 Å². The van der Waals surface area contributed by atoms with Crippen LogP contribution >= 0.6 is 0 Å². The maximum Gasteiger partial charge on any atom is 0.258 e. The van der Waals surface area contributed by atoms with Crippen LogP contribution in [-0.2, 0) is 7.05 Å². The highest BCUT2D eigenvalue weighted by Crippen LogP contribution is 2.24. The molecule has 0 saturated carbocycles. The number of nitrogen functional groups attached to an aromatic ring is 1. The minimum absolute atomic E-state index is 0.462. The van der Waals surface area contributed by atoms with E-state index in [-0.39, 0.29) is 0 Å². The van der Waals surface area contributed by atoms with Crippen molar-refractivity contribution in [3.05, 3.63) is 36.0 Å². The third-order valence-electron chi connectivity index (χ3n) is 2.89. The van der Waals surface area contributed by atoms with Crippen molar-refractivity contribution in [3.8, 4) is 23.0 Å². The monoisotopic (exact) mass is 255 g/mol. The van der Waals surface area contributed by atoms with E-state index >= 15 is 0 Å². The average Bonchev–Trinajstić information content (AvgIpc) is 3.01. The molecule has 2 aromatic heterocycles.